The van der Waals surface area contributed by atoms with Crippen LogP contribution in [0.5, 0.6) is 0 Å². The Morgan fingerprint density at radius 1 is 0.964 bits per heavy atom. The van der Waals surface area contributed by atoms with Gasteiger partial charge in [-0.2, -0.15) is 0 Å². The lowest BCUT2D eigenvalue weighted by Crippen LogP contribution is -2.26. The molecule has 0 bridgehead atoms. The number of allylic oxidation sites excluding steroid dienone is 4. The van der Waals surface area contributed by atoms with Crippen LogP contribution >= 0.6 is 11.6 Å². The number of ketones is 2. The second kappa shape index (κ2) is 6.18. The van der Waals surface area contributed by atoms with Crippen molar-refractivity contribution >= 4 is 28.9 Å². The van der Waals surface area contributed by atoms with E-state index in [1.807, 2.05) is 12.1 Å². The minimum atomic E-state index is -0.181. The van der Waals surface area contributed by atoms with E-state index in [2.05, 4.69) is 24.1 Å². The van der Waals surface area contributed by atoms with Crippen molar-refractivity contribution in [3.05, 3.63) is 87.6 Å². The normalized spacial score (nSPS) is 21.0. The number of Topliss-reactive ketones (excluding diaryl/α,β-unsaturated/α-hetero) is 2. The smallest absolute Gasteiger partial charge is 0.197 e. The summed E-state index contributed by atoms with van der Waals surface area (Å²) in [6.07, 6.45) is 8.15. The number of nitrogens with zero attached hydrogens (tertiary/aromatic N) is 1. The Labute approximate surface area is 169 Å². The molecule has 0 amide bonds. The van der Waals surface area contributed by atoms with Crippen molar-refractivity contribution in [3.8, 4) is 0 Å². The van der Waals surface area contributed by atoms with Gasteiger partial charge in [-0.1, -0.05) is 48.7 Å². The van der Waals surface area contributed by atoms with Gasteiger partial charge in [0.05, 0.1) is 5.57 Å². The lowest BCUT2D eigenvalue weighted by molar-refractivity contribution is 0.0989. The number of likely N-dealkylation sites (N-methyl/N-ethyl adjacent to an activating group) is 1. The minimum Gasteiger partial charge on any atom is -0.347 e. The fourth-order valence-electron chi connectivity index (χ4n) is 5.13. The van der Waals surface area contributed by atoms with Crippen LogP contribution in [0.1, 0.15) is 52.0 Å². The van der Waals surface area contributed by atoms with E-state index in [9.17, 15) is 9.59 Å². The monoisotopic (exact) mass is 389 g/mol. The molecule has 2 aromatic rings. The standard InChI is InChI=1S/C24H20ClNO2/c1-26-20-10-8-15(25)14-19(20)24(12-4-5-13-24)21(26)11-9-18-22(27)16-6-2-3-7-17(16)23(18)28/h2-3,6-11,14H,4-5,12-13H2,1H3/b21-11+. The van der Waals surface area contributed by atoms with E-state index in [1.54, 1.807) is 30.3 Å². The number of rotatable bonds is 1. The van der Waals surface area contributed by atoms with Crippen LogP contribution in [0.25, 0.3) is 0 Å². The van der Waals surface area contributed by atoms with Crippen molar-refractivity contribution in [2.24, 2.45) is 0 Å². The summed E-state index contributed by atoms with van der Waals surface area (Å²) >= 11 is 6.31. The summed E-state index contributed by atoms with van der Waals surface area (Å²) in [4.78, 5) is 27.6. The Kier molecular flexibility index (Phi) is 3.85. The number of hydrogen-bond donors (Lipinski definition) is 0. The van der Waals surface area contributed by atoms with Gasteiger partial charge in [-0.25, -0.2) is 0 Å². The lowest BCUT2D eigenvalue weighted by atomic mass is 9.78. The van der Waals surface area contributed by atoms with Gasteiger partial charge in [0.1, 0.15) is 0 Å². The minimum absolute atomic E-state index is 0.0798. The van der Waals surface area contributed by atoms with E-state index >= 15 is 0 Å². The van der Waals surface area contributed by atoms with Crippen LogP contribution in [0, 0.1) is 0 Å². The van der Waals surface area contributed by atoms with Gasteiger partial charge < -0.3 is 4.90 Å². The molecule has 28 heavy (non-hydrogen) atoms. The van der Waals surface area contributed by atoms with Crippen molar-refractivity contribution in [2.75, 3.05) is 11.9 Å². The SMILES string of the molecule is CN1/C(=C/C=C2C(=O)c3ccccc3C2=O)C2(CCCC2)c2cc(Cl)ccc21. The van der Waals surface area contributed by atoms with Crippen LogP contribution in [0.2, 0.25) is 5.02 Å². The third-order valence-electron chi connectivity index (χ3n) is 6.46. The molecule has 3 nitrogen and oxygen atoms in total. The maximum absolute atomic E-state index is 12.7. The number of benzene rings is 2. The fourth-order valence-corrected chi connectivity index (χ4v) is 5.31. The van der Waals surface area contributed by atoms with Gasteiger partial charge in [-0.05, 0) is 48.8 Å². The molecular weight excluding hydrogens is 370 g/mol. The zero-order valence-corrected chi connectivity index (χ0v) is 16.4. The molecule has 1 spiro atoms. The molecule has 3 aliphatic rings. The van der Waals surface area contributed by atoms with Crippen molar-refractivity contribution in [1.29, 1.82) is 0 Å². The summed E-state index contributed by atoms with van der Waals surface area (Å²) < 4.78 is 0. The highest BCUT2D eigenvalue weighted by Crippen LogP contribution is 2.56. The topological polar surface area (TPSA) is 37.4 Å². The van der Waals surface area contributed by atoms with Crippen LogP contribution < -0.4 is 4.90 Å². The van der Waals surface area contributed by atoms with Crippen molar-refractivity contribution < 1.29 is 9.59 Å². The van der Waals surface area contributed by atoms with Gasteiger partial charge in [-0.3, -0.25) is 9.59 Å². The molecule has 2 aliphatic carbocycles. The third-order valence-corrected chi connectivity index (χ3v) is 6.69. The molecular formula is C24H20ClNO2. The highest BCUT2D eigenvalue weighted by atomic mass is 35.5. The molecule has 140 valence electrons. The van der Waals surface area contributed by atoms with Crippen LogP contribution in [0.3, 0.4) is 0 Å². The maximum atomic E-state index is 12.7. The Balaban J connectivity index is 1.62. The molecule has 1 aliphatic heterocycles. The molecule has 1 heterocycles. The average molecular weight is 390 g/mol. The molecule has 5 rings (SSSR count). The van der Waals surface area contributed by atoms with Gasteiger partial charge in [0.25, 0.3) is 0 Å². The van der Waals surface area contributed by atoms with Crippen molar-refractivity contribution in [3.63, 3.8) is 0 Å². The summed E-state index contributed by atoms with van der Waals surface area (Å²) in [5, 5.41) is 0.745. The molecule has 0 aromatic heterocycles. The predicted octanol–water partition coefficient (Wildman–Crippen LogP) is 5.49. The van der Waals surface area contributed by atoms with E-state index in [-0.39, 0.29) is 22.6 Å². The maximum Gasteiger partial charge on any atom is 0.197 e. The molecule has 0 N–H and O–H groups in total. The molecule has 0 atom stereocenters. The van der Waals surface area contributed by atoms with Crippen LogP contribution in [0.15, 0.2) is 65.9 Å². The fraction of sp³-hybridized carbons (Fsp3) is 0.250. The zero-order valence-electron chi connectivity index (χ0n) is 15.7. The molecule has 4 heteroatoms. The second-order valence-electron chi connectivity index (χ2n) is 7.85. The first kappa shape index (κ1) is 17.4. The van der Waals surface area contributed by atoms with Crippen LogP contribution in [-0.4, -0.2) is 18.6 Å². The Morgan fingerprint density at radius 2 is 1.61 bits per heavy atom. The number of hydrogen-bond acceptors (Lipinski definition) is 3. The Bertz CT molecular complexity index is 1050. The highest BCUT2D eigenvalue weighted by molar-refractivity contribution is 6.39. The first-order valence-electron chi connectivity index (χ1n) is 9.67. The first-order valence-corrected chi connectivity index (χ1v) is 10.1. The van der Waals surface area contributed by atoms with Crippen LogP contribution in [-0.2, 0) is 5.41 Å². The van der Waals surface area contributed by atoms with E-state index in [0.29, 0.717) is 11.1 Å². The lowest BCUT2D eigenvalue weighted by Gasteiger charge is -2.28. The van der Waals surface area contributed by atoms with Crippen molar-refractivity contribution in [1.82, 2.24) is 0 Å². The summed E-state index contributed by atoms with van der Waals surface area (Å²) in [6.45, 7) is 0. The molecule has 1 fully saturated rings. The average Bonchev–Trinajstić information content (AvgIpc) is 3.34. The predicted molar refractivity (Wildman–Crippen MR) is 111 cm³/mol. The molecule has 0 unspecified atom stereocenters. The summed E-state index contributed by atoms with van der Waals surface area (Å²) in [5.41, 5.74) is 4.74. The van der Waals surface area contributed by atoms with Gasteiger partial charge in [-0.15, -0.1) is 0 Å². The number of carbonyl (C=O) groups is 2. The number of carbonyl (C=O) groups excluding carboxylic acids is 2. The van der Waals surface area contributed by atoms with E-state index < -0.39 is 0 Å². The first-order chi connectivity index (χ1) is 13.5. The summed E-state index contributed by atoms with van der Waals surface area (Å²) in [7, 11) is 2.05. The van der Waals surface area contributed by atoms with E-state index in [0.717, 1.165) is 42.1 Å². The van der Waals surface area contributed by atoms with Gasteiger partial charge in [0, 0.05) is 40.0 Å². The second-order valence-corrected chi connectivity index (χ2v) is 8.28. The van der Waals surface area contributed by atoms with Crippen molar-refractivity contribution in [2.45, 2.75) is 31.1 Å². The molecule has 2 aromatic carbocycles. The van der Waals surface area contributed by atoms with E-state index in [4.69, 9.17) is 11.6 Å². The van der Waals surface area contributed by atoms with Gasteiger partial charge >= 0.3 is 0 Å². The number of halogens is 1. The third kappa shape index (κ3) is 2.29. The highest BCUT2D eigenvalue weighted by Gasteiger charge is 2.47. The summed E-state index contributed by atoms with van der Waals surface area (Å²) in [5.74, 6) is -0.363. The number of anilines is 1. The molecule has 0 saturated heterocycles. The number of fused-ring (bicyclic) bond motifs is 3. The largest absolute Gasteiger partial charge is 0.347 e. The Hall–Kier alpha value is -2.65. The molecule has 1 saturated carbocycles. The van der Waals surface area contributed by atoms with Crippen LogP contribution in [0.4, 0.5) is 5.69 Å². The quantitative estimate of drug-likeness (QED) is 0.478. The van der Waals surface area contributed by atoms with Gasteiger partial charge in [0.15, 0.2) is 11.6 Å². The molecule has 0 radical (unpaired) electrons. The summed E-state index contributed by atoms with van der Waals surface area (Å²) in [6, 6.07) is 13.1. The zero-order chi connectivity index (χ0) is 19.5. The Morgan fingerprint density at radius 3 is 2.25 bits per heavy atom. The van der Waals surface area contributed by atoms with E-state index in [1.165, 1.54) is 5.56 Å². The van der Waals surface area contributed by atoms with Gasteiger partial charge in [0.2, 0.25) is 0 Å².